The molecule has 0 saturated carbocycles. The third kappa shape index (κ3) is 6.24. The summed E-state index contributed by atoms with van der Waals surface area (Å²) in [5, 5.41) is 10.3. The minimum atomic E-state index is -0.109. The minimum Gasteiger partial charge on any atom is -0.333 e. The zero-order valence-corrected chi connectivity index (χ0v) is 18.4. The van der Waals surface area contributed by atoms with E-state index in [1.54, 1.807) is 47.3 Å². The maximum absolute atomic E-state index is 13.1. The van der Waals surface area contributed by atoms with Gasteiger partial charge in [-0.15, -0.1) is 11.8 Å². The van der Waals surface area contributed by atoms with Gasteiger partial charge in [0.2, 0.25) is 0 Å². The van der Waals surface area contributed by atoms with Crippen LogP contribution in [0.3, 0.4) is 0 Å². The highest BCUT2D eigenvalue weighted by molar-refractivity contribution is 7.98. The molecule has 30 heavy (non-hydrogen) atoms. The van der Waals surface area contributed by atoms with E-state index in [4.69, 9.17) is 28.5 Å². The van der Waals surface area contributed by atoms with Gasteiger partial charge in [-0.2, -0.15) is 5.26 Å². The zero-order valence-electron chi connectivity index (χ0n) is 16.1. The van der Waals surface area contributed by atoms with Crippen LogP contribution in [0.1, 0.15) is 27.9 Å². The van der Waals surface area contributed by atoms with Crippen molar-refractivity contribution in [2.24, 2.45) is 0 Å². The first-order valence-corrected chi connectivity index (χ1v) is 11.0. The van der Waals surface area contributed by atoms with Gasteiger partial charge in [-0.05, 0) is 47.5 Å². The lowest BCUT2D eigenvalue weighted by Crippen LogP contribution is -2.31. The lowest BCUT2D eigenvalue weighted by molar-refractivity contribution is 0.0746. The number of halogens is 2. The zero-order chi connectivity index (χ0) is 21.3. The Morgan fingerprint density at radius 2 is 1.93 bits per heavy atom. The number of rotatable bonds is 8. The molecular weight excluding hydrogens is 437 g/mol. The van der Waals surface area contributed by atoms with Crippen molar-refractivity contribution < 1.29 is 4.79 Å². The first-order valence-electron chi connectivity index (χ1n) is 9.29. The van der Waals surface area contributed by atoms with Crippen molar-refractivity contribution in [3.63, 3.8) is 0 Å². The summed E-state index contributed by atoms with van der Waals surface area (Å²) in [5.41, 5.74) is 2.52. The van der Waals surface area contributed by atoms with Gasteiger partial charge >= 0.3 is 0 Å². The van der Waals surface area contributed by atoms with E-state index < -0.39 is 0 Å². The van der Waals surface area contributed by atoms with E-state index >= 15 is 0 Å². The summed E-state index contributed by atoms with van der Waals surface area (Å²) in [4.78, 5) is 19.8. The van der Waals surface area contributed by atoms with Gasteiger partial charge < -0.3 is 4.90 Å². The highest BCUT2D eigenvalue weighted by Gasteiger charge is 2.16. The lowest BCUT2D eigenvalue weighted by Gasteiger charge is -2.22. The van der Waals surface area contributed by atoms with Crippen LogP contribution >= 0.6 is 35.0 Å². The third-order valence-electron chi connectivity index (χ3n) is 4.34. The molecular formula is C23H19Cl2N3OS. The number of thioether (sulfide) groups is 1. The number of pyridine rings is 1. The van der Waals surface area contributed by atoms with Crippen LogP contribution in [0.25, 0.3) is 0 Å². The van der Waals surface area contributed by atoms with E-state index in [1.807, 2.05) is 36.4 Å². The van der Waals surface area contributed by atoms with Gasteiger partial charge in [-0.25, -0.2) is 0 Å². The number of benzene rings is 2. The van der Waals surface area contributed by atoms with Gasteiger partial charge in [0.15, 0.2) is 0 Å². The van der Waals surface area contributed by atoms with Gasteiger partial charge in [0, 0.05) is 46.7 Å². The Hall–Kier alpha value is -2.52. The van der Waals surface area contributed by atoms with Crippen molar-refractivity contribution >= 4 is 40.9 Å². The van der Waals surface area contributed by atoms with Crippen LogP contribution in [0.15, 0.2) is 71.9 Å². The standard InChI is InChI=1S/C23H19Cl2N3OS/c24-20-7-8-21(25)22(13-20)30-16-17-4-1-6-19(12-17)23(29)28(11-3-9-26)15-18-5-2-10-27-14-18/h1-2,4-8,10,12-14H,3,11,15-16H2. The van der Waals surface area contributed by atoms with E-state index in [2.05, 4.69) is 11.1 Å². The number of carbonyl (C=O) groups excluding carboxylic acids is 1. The van der Waals surface area contributed by atoms with Crippen molar-refractivity contribution in [2.75, 3.05) is 6.54 Å². The Kier molecular flexibility index (Phi) is 8.15. The van der Waals surface area contributed by atoms with Crippen LogP contribution in [0, 0.1) is 11.3 Å². The minimum absolute atomic E-state index is 0.109. The molecule has 0 bridgehead atoms. The number of nitriles is 1. The molecule has 3 aromatic rings. The summed E-state index contributed by atoms with van der Waals surface area (Å²) in [6.07, 6.45) is 3.70. The summed E-state index contributed by atoms with van der Waals surface area (Å²) < 4.78 is 0. The molecule has 0 aliphatic carbocycles. The largest absolute Gasteiger partial charge is 0.333 e. The fourth-order valence-corrected chi connectivity index (χ4v) is 4.31. The second kappa shape index (κ2) is 11.0. The fraction of sp³-hybridized carbons (Fsp3) is 0.174. The predicted octanol–water partition coefficient (Wildman–Crippen LogP) is 6.24. The second-order valence-corrected chi connectivity index (χ2v) is 8.42. The molecule has 152 valence electrons. The monoisotopic (exact) mass is 455 g/mol. The topological polar surface area (TPSA) is 57.0 Å². The Morgan fingerprint density at radius 1 is 1.10 bits per heavy atom. The summed E-state index contributed by atoms with van der Waals surface area (Å²) in [5.74, 6) is 0.545. The average Bonchev–Trinajstić information content (AvgIpc) is 2.77. The second-order valence-electron chi connectivity index (χ2n) is 6.56. The van der Waals surface area contributed by atoms with Crippen molar-refractivity contribution in [1.29, 1.82) is 5.26 Å². The summed E-state index contributed by atoms with van der Waals surface area (Å²) >= 11 is 13.9. The SMILES string of the molecule is N#CCCN(Cc1cccnc1)C(=O)c1cccc(CSc2cc(Cl)ccc2Cl)c1. The van der Waals surface area contributed by atoms with Crippen molar-refractivity contribution in [3.05, 3.63) is 93.7 Å². The molecule has 3 rings (SSSR count). The van der Waals surface area contributed by atoms with Crippen LogP contribution in [-0.4, -0.2) is 22.3 Å². The van der Waals surface area contributed by atoms with E-state index in [0.29, 0.717) is 34.5 Å². The number of nitrogens with zero attached hydrogens (tertiary/aromatic N) is 3. The molecule has 1 amide bonds. The van der Waals surface area contributed by atoms with Crippen molar-refractivity contribution in [3.8, 4) is 6.07 Å². The van der Waals surface area contributed by atoms with E-state index in [1.165, 1.54) is 0 Å². The molecule has 0 aliphatic heterocycles. The lowest BCUT2D eigenvalue weighted by atomic mass is 10.1. The smallest absolute Gasteiger partial charge is 0.254 e. The van der Waals surface area contributed by atoms with E-state index in [9.17, 15) is 4.79 Å². The molecule has 0 aliphatic rings. The highest BCUT2D eigenvalue weighted by Crippen LogP contribution is 2.32. The Morgan fingerprint density at radius 3 is 2.70 bits per heavy atom. The first kappa shape index (κ1) is 22.2. The van der Waals surface area contributed by atoms with E-state index in [-0.39, 0.29) is 12.3 Å². The van der Waals surface area contributed by atoms with Gasteiger partial charge in [-0.3, -0.25) is 9.78 Å². The Labute approximate surface area is 190 Å². The molecule has 2 aromatic carbocycles. The molecule has 4 nitrogen and oxygen atoms in total. The third-order valence-corrected chi connectivity index (χ3v) is 6.14. The molecule has 1 aromatic heterocycles. The van der Waals surface area contributed by atoms with E-state index in [0.717, 1.165) is 16.0 Å². The summed E-state index contributed by atoms with van der Waals surface area (Å²) in [6, 6.07) is 18.8. The molecule has 0 N–H and O–H groups in total. The van der Waals surface area contributed by atoms with Crippen molar-refractivity contribution in [2.45, 2.75) is 23.6 Å². The summed E-state index contributed by atoms with van der Waals surface area (Å²) in [6.45, 7) is 0.771. The number of hydrogen-bond acceptors (Lipinski definition) is 4. The Bertz CT molecular complexity index is 1050. The molecule has 0 saturated heterocycles. The summed E-state index contributed by atoms with van der Waals surface area (Å²) in [7, 11) is 0. The van der Waals surface area contributed by atoms with Gasteiger partial charge in [0.05, 0.1) is 17.5 Å². The van der Waals surface area contributed by atoms with Crippen LogP contribution in [0.5, 0.6) is 0 Å². The molecule has 0 unspecified atom stereocenters. The molecule has 0 radical (unpaired) electrons. The van der Waals surface area contributed by atoms with Gasteiger partial charge in [0.25, 0.3) is 5.91 Å². The fourth-order valence-electron chi connectivity index (χ4n) is 2.88. The number of carbonyl (C=O) groups is 1. The molecule has 7 heteroatoms. The average molecular weight is 456 g/mol. The molecule has 0 spiro atoms. The Balaban J connectivity index is 1.74. The molecule has 0 fully saturated rings. The van der Waals surface area contributed by atoms with Crippen molar-refractivity contribution in [1.82, 2.24) is 9.88 Å². The maximum Gasteiger partial charge on any atom is 0.254 e. The number of hydrogen-bond donors (Lipinski definition) is 0. The van der Waals surface area contributed by atoms with Gasteiger partial charge in [0.1, 0.15) is 0 Å². The quantitative estimate of drug-likeness (QED) is 0.377. The van der Waals surface area contributed by atoms with Crippen LogP contribution < -0.4 is 0 Å². The maximum atomic E-state index is 13.1. The molecule has 0 atom stereocenters. The number of amides is 1. The van der Waals surface area contributed by atoms with Gasteiger partial charge in [-0.1, -0.05) is 41.4 Å². The van der Waals surface area contributed by atoms with Crippen LogP contribution in [0.2, 0.25) is 10.0 Å². The number of aromatic nitrogens is 1. The van der Waals surface area contributed by atoms with Crippen LogP contribution in [-0.2, 0) is 12.3 Å². The van der Waals surface area contributed by atoms with Crippen LogP contribution in [0.4, 0.5) is 0 Å². The normalized spacial score (nSPS) is 10.4. The first-order chi connectivity index (χ1) is 14.6. The molecule has 1 heterocycles. The predicted molar refractivity (Wildman–Crippen MR) is 122 cm³/mol. The highest BCUT2D eigenvalue weighted by atomic mass is 35.5.